The van der Waals surface area contributed by atoms with Crippen LogP contribution in [0, 0.1) is 11.6 Å². The highest BCUT2D eigenvalue weighted by molar-refractivity contribution is 7.98. The van der Waals surface area contributed by atoms with E-state index in [1.165, 1.54) is 30.0 Å². The van der Waals surface area contributed by atoms with Gasteiger partial charge in [0, 0.05) is 11.9 Å². The van der Waals surface area contributed by atoms with Gasteiger partial charge in [-0.05, 0) is 35.9 Å². The van der Waals surface area contributed by atoms with Gasteiger partial charge in [-0.25, -0.2) is 18.7 Å². The largest absolute Gasteiger partial charge is 0.322 e. The number of anilines is 1. The normalized spacial score (nSPS) is 11.0. The number of pyridine rings is 1. The lowest BCUT2D eigenvalue weighted by atomic mass is 10.2. The van der Waals surface area contributed by atoms with Crippen LogP contribution in [0.15, 0.2) is 72.0 Å². The smallest absolute Gasteiger partial charge is 0.244 e. The van der Waals surface area contributed by atoms with E-state index in [2.05, 4.69) is 15.3 Å². The molecule has 0 aliphatic rings. The summed E-state index contributed by atoms with van der Waals surface area (Å²) in [5.74, 6) is -0.861. The zero-order chi connectivity index (χ0) is 20.2. The van der Waals surface area contributed by atoms with Crippen molar-refractivity contribution in [3.05, 3.63) is 84.1 Å². The fourth-order valence-corrected chi connectivity index (χ4v) is 3.83. The van der Waals surface area contributed by atoms with Crippen LogP contribution in [0.1, 0.15) is 5.56 Å². The number of benzene rings is 2. The summed E-state index contributed by atoms with van der Waals surface area (Å²) < 4.78 is 29.4. The molecule has 4 aromatic rings. The first-order chi connectivity index (χ1) is 14.1. The molecule has 146 valence electrons. The minimum absolute atomic E-state index is 0.0958. The van der Waals surface area contributed by atoms with Crippen molar-refractivity contribution in [1.82, 2.24) is 14.5 Å². The average Bonchev–Trinajstić information content (AvgIpc) is 3.06. The lowest BCUT2D eigenvalue weighted by Crippen LogP contribution is -2.20. The molecule has 8 heteroatoms. The van der Waals surface area contributed by atoms with Crippen LogP contribution in [0.2, 0.25) is 0 Å². The van der Waals surface area contributed by atoms with Gasteiger partial charge in [0.05, 0.1) is 5.69 Å². The summed E-state index contributed by atoms with van der Waals surface area (Å²) in [5, 5.41) is 3.10. The van der Waals surface area contributed by atoms with Crippen LogP contribution in [0.3, 0.4) is 0 Å². The van der Waals surface area contributed by atoms with Crippen molar-refractivity contribution < 1.29 is 13.6 Å². The molecule has 0 radical (unpaired) electrons. The topological polar surface area (TPSA) is 59.8 Å². The predicted octanol–water partition coefficient (Wildman–Crippen LogP) is 4.64. The Kier molecular flexibility index (Phi) is 5.53. The quantitative estimate of drug-likeness (QED) is 0.471. The maximum atomic E-state index is 13.9. The van der Waals surface area contributed by atoms with Crippen LogP contribution in [-0.2, 0) is 17.1 Å². The van der Waals surface area contributed by atoms with Gasteiger partial charge in [0.25, 0.3) is 0 Å². The molecule has 0 bridgehead atoms. The molecule has 0 fully saturated rings. The second-order valence-electron chi connectivity index (χ2n) is 6.23. The Morgan fingerprint density at radius 2 is 1.76 bits per heavy atom. The van der Waals surface area contributed by atoms with Crippen molar-refractivity contribution in [3.8, 4) is 0 Å². The molecular weight excluding hydrogens is 394 g/mol. The summed E-state index contributed by atoms with van der Waals surface area (Å²) in [7, 11) is 0. The molecule has 29 heavy (non-hydrogen) atoms. The first kappa shape index (κ1) is 19.1. The summed E-state index contributed by atoms with van der Waals surface area (Å²) in [4.78, 5) is 21.4. The van der Waals surface area contributed by atoms with Gasteiger partial charge in [-0.1, -0.05) is 42.1 Å². The minimum Gasteiger partial charge on any atom is -0.322 e. The van der Waals surface area contributed by atoms with Gasteiger partial charge in [-0.2, -0.15) is 0 Å². The molecule has 0 saturated carbocycles. The summed E-state index contributed by atoms with van der Waals surface area (Å²) in [6.45, 7) is -0.0958. The number of para-hydroxylation sites is 1. The van der Waals surface area contributed by atoms with Crippen molar-refractivity contribution in [2.45, 2.75) is 17.5 Å². The minimum atomic E-state index is -0.511. The van der Waals surface area contributed by atoms with Crippen LogP contribution in [0.5, 0.6) is 0 Å². The molecule has 2 aromatic heterocycles. The molecule has 0 saturated heterocycles. The second kappa shape index (κ2) is 8.40. The molecule has 0 aliphatic carbocycles. The molecule has 1 N–H and O–H groups in total. The van der Waals surface area contributed by atoms with Crippen molar-refractivity contribution in [1.29, 1.82) is 0 Å². The van der Waals surface area contributed by atoms with Gasteiger partial charge in [0.2, 0.25) is 5.91 Å². The van der Waals surface area contributed by atoms with E-state index in [0.717, 1.165) is 0 Å². The van der Waals surface area contributed by atoms with E-state index in [1.54, 1.807) is 53.2 Å². The predicted molar refractivity (Wildman–Crippen MR) is 109 cm³/mol. The van der Waals surface area contributed by atoms with Crippen LogP contribution in [-0.4, -0.2) is 20.4 Å². The highest BCUT2D eigenvalue weighted by Crippen LogP contribution is 2.27. The third-order valence-electron chi connectivity index (χ3n) is 4.23. The van der Waals surface area contributed by atoms with E-state index in [4.69, 9.17) is 0 Å². The van der Waals surface area contributed by atoms with Crippen molar-refractivity contribution in [3.63, 3.8) is 0 Å². The zero-order valence-electron chi connectivity index (χ0n) is 15.2. The van der Waals surface area contributed by atoms with Gasteiger partial charge in [-0.15, -0.1) is 0 Å². The van der Waals surface area contributed by atoms with Crippen LogP contribution in [0.4, 0.5) is 14.5 Å². The molecule has 2 aromatic carbocycles. The van der Waals surface area contributed by atoms with Gasteiger partial charge in [-0.3, -0.25) is 9.36 Å². The van der Waals surface area contributed by atoms with Crippen molar-refractivity contribution in [2.75, 3.05) is 5.32 Å². The van der Waals surface area contributed by atoms with E-state index in [1.807, 2.05) is 0 Å². The molecule has 2 heterocycles. The Balaban J connectivity index is 1.59. The van der Waals surface area contributed by atoms with E-state index in [-0.39, 0.29) is 18.0 Å². The van der Waals surface area contributed by atoms with Gasteiger partial charge >= 0.3 is 0 Å². The second-order valence-corrected chi connectivity index (χ2v) is 7.18. The summed E-state index contributed by atoms with van der Waals surface area (Å²) in [5.41, 5.74) is 1.81. The standard InChI is InChI=1S/C21H16F2N4OS/c22-15-7-2-1-6-14(15)13-29-21-26-18-10-5-11-24-20(18)27(21)12-19(28)25-17-9-4-3-8-16(17)23/h1-11H,12-13H2,(H,25,28). The van der Waals surface area contributed by atoms with E-state index < -0.39 is 11.7 Å². The fourth-order valence-electron chi connectivity index (χ4n) is 2.84. The number of imidazole rings is 1. The Morgan fingerprint density at radius 1 is 1.00 bits per heavy atom. The number of hydrogen-bond donors (Lipinski definition) is 1. The third-order valence-corrected chi connectivity index (χ3v) is 5.26. The van der Waals surface area contributed by atoms with Crippen molar-refractivity contribution in [2.24, 2.45) is 0 Å². The number of carbonyl (C=O) groups excluding carboxylic acids is 1. The number of halogens is 2. The SMILES string of the molecule is O=C(Cn1c(SCc2ccccc2F)nc2cccnc21)Nc1ccccc1F. The number of aromatic nitrogens is 3. The molecule has 0 atom stereocenters. The Bertz CT molecular complexity index is 1180. The van der Waals surface area contributed by atoms with Gasteiger partial charge < -0.3 is 5.32 Å². The lowest BCUT2D eigenvalue weighted by molar-refractivity contribution is -0.116. The Hall–Kier alpha value is -3.26. The number of nitrogens with zero attached hydrogens (tertiary/aromatic N) is 3. The molecule has 0 unspecified atom stereocenters. The number of carbonyl (C=O) groups is 1. The molecule has 0 aliphatic heterocycles. The van der Waals surface area contributed by atoms with Crippen molar-refractivity contribution >= 4 is 34.5 Å². The van der Waals surface area contributed by atoms with E-state index >= 15 is 0 Å². The highest BCUT2D eigenvalue weighted by Gasteiger charge is 2.16. The molecule has 4 rings (SSSR count). The summed E-state index contributed by atoms with van der Waals surface area (Å²) >= 11 is 1.31. The lowest BCUT2D eigenvalue weighted by Gasteiger charge is -2.10. The maximum absolute atomic E-state index is 13.9. The van der Waals surface area contributed by atoms with Gasteiger partial charge in [0.15, 0.2) is 10.8 Å². The van der Waals surface area contributed by atoms with Crippen LogP contribution in [0.25, 0.3) is 11.2 Å². The first-order valence-electron chi connectivity index (χ1n) is 8.83. The zero-order valence-corrected chi connectivity index (χ0v) is 16.0. The summed E-state index contributed by atoms with van der Waals surface area (Å²) in [6.07, 6.45) is 1.61. The van der Waals surface area contributed by atoms with E-state index in [9.17, 15) is 13.6 Å². The van der Waals surface area contributed by atoms with E-state index in [0.29, 0.717) is 27.6 Å². The number of nitrogens with one attached hydrogen (secondary N) is 1. The first-order valence-corrected chi connectivity index (χ1v) is 9.82. The number of amides is 1. The van der Waals surface area contributed by atoms with Crippen LogP contribution >= 0.6 is 11.8 Å². The monoisotopic (exact) mass is 410 g/mol. The highest BCUT2D eigenvalue weighted by atomic mass is 32.2. The van der Waals surface area contributed by atoms with Gasteiger partial charge in [0.1, 0.15) is 23.7 Å². The van der Waals surface area contributed by atoms with Crippen LogP contribution < -0.4 is 5.32 Å². The number of rotatable bonds is 6. The maximum Gasteiger partial charge on any atom is 0.244 e. The molecule has 5 nitrogen and oxygen atoms in total. The molecular formula is C21H16F2N4OS. The summed E-state index contributed by atoms with van der Waals surface area (Å²) in [6, 6.07) is 16.0. The number of thioether (sulfide) groups is 1. The Morgan fingerprint density at radius 3 is 2.55 bits per heavy atom. The average molecular weight is 410 g/mol. The molecule has 0 spiro atoms. The Labute approximate surface area is 169 Å². The molecule has 1 amide bonds. The number of fused-ring (bicyclic) bond motifs is 1. The third kappa shape index (κ3) is 4.27. The fraction of sp³-hybridized carbons (Fsp3) is 0.0952. The number of hydrogen-bond acceptors (Lipinski definition) is 4.